The average molecular weight is 342 g/mol. The van der Waals surface area contributed by atoms with E-state index in [1.165, 1.54) is 36.8 Å². The van der Waals surface area contributed by atoms with E-state index in [9.17, 15) is 0 Å². The summed E-state index contributed by atoms with van der Waals surface area (Å²) in [7, 11) is 0. The molecular weight excluding hydrogens is 316 g/mol. The van der Waals surface area contributed by atoms with Gasteiger partial charge in [0.1, 0.15) is 0 Å². The first-order valence-corrected chi connectivity index (χ1v) is 9.62. The molecule has 0 saturated heterocycles. The van der Waals surface area contributed by atoms with Crippen molar-refractivity contribution < 1.29 is 0 Å². The van der Waals surface area contributed by atoms with Crippen molar-refractivity contribution in [2.75, 3.05) is 0 Å². The van der Waals surface area contributed by atoms with Gasteiger partial charge in [-0.1, -0.05) is 44.5 Å². The number of nitriles is 2. The highest BCUT2D eigenvalue weighted by atomic mass is 14.4. The maximum atomic E-state index is 8.98. The van der Waals surface area contributed by atoms with E-state index >= 15 is 0 Å². The van der Waals surface area contributed by atoms with Crippen LogP contribution in [0.1, 0.15) is 73.6 Å². The molecule has 2 nitrogen and oxygen atoms in total. The minimum atomic E-state index is 0.527. The summed E-state index contributed by atoms with van der Waals surface area (Å²) in [6, 6.07) is 20.6. The van der Waals surface area contributed by atoms with E-state index in [1.54, 1.807) is 0 Å². The molecule has 0 aromatic heterocycles. The second-order valence-electron chi connectivity index (χ2n) is 7.73. The molecule has 0 N–H and O–H groups in total. The molecule has 2 heteroatoms. The Balaban J connectivity index is 1.69. The predicted molar refractivity (Wildman–Crippen MR) is 105 cm³/mol. The number of hydrogen-bond donors (Lipinski definition) is 0. The number of nitrogens with zero attached hydrogens (tertiary/aromatic N) is 2. The maximum absolute atomic E-state index is 8.98. The van der Waals surface area contributed by atoms with Crippen molar-refractivity contribution in [1.82, 2.24) is 0 Å². The van der Waals surface area contributed by atoms with Crippen molar-refractivity contribution in [3.05, 3.63) is 70.8 Å². The van der Waals surface area contributed by atoms with Crippen LogP contribution in [0.25, 0.3) is 0 Å². The lowest BCUT2D eigenvalue weighted by Crippen LogP contribution is -2.23. The molecule has 132 valence electrons. The van der Waals surface area contributed by atoms with Gasteiger partial charge in [-0.2, -0.15) is 10.5 Å². The zero-order chi connectivity index (χ0) is 18.5. The molecule has 1 fully saturated rings. The van der Waals surface area contributed by atoms with Gasteiger partial charge >= 0.3 is 0 Å². The lowest BCUT2D eigenvalue weighted by atomic mass is 9.69. The fourth-order valence-electron chi connectivity index (χ4n) is 4.44. The van der Waals surface area contributed by atoms with Crippen molar-refractivity contribution in [3.63, 3.8) is 0 Å². The molecule has 2 unspecified atom stereocenters. The molecule has 0 aliphatic heterocycles. The van der Waals surface area contributed by atoms with Crippen molar-refractivity contribution >= 4 is 0 Å². The molecule has 2 aromatic rings. The van der Waals surface area contributed by atoms with Gasteiger partial charge in [-0.15, -0.1) is 0 Å². The molecule has 1 saturated carbocycles. The summed E-state index contributed by atoms with van der Waals surface area (Å²) in [5.41, 5.74) is 4.16. The largest absolute Gasteiger partial charge is 0.192 e. The van der Waals surface area contributed by atoms with Crippen molar-refractivity contribution in [3.8, 4) is 12.1 Å². The molecule has 0 heterocycles. The predicted octanol–water partition coefficient (Wildman–Crippen LogP) is 6.14. The molecule has 26 heavy (non-hydrogen) atoms. The van der Waals surface area contributed by atoms with Crippen LogP contribution in [0.4, 0.5) is 0 Å². The zero-order valence-electron chi connectivity index (χ0n) is 15.7. The average Bonchev–Trinajstić information content (AvgIpc) is 2.73. The third kappa shape index (κ3) is 3.97. The van der Waals surface area contributed by atoms with Crippen molar-refractivity contribution in [1.29, 1.82) is 10.5 Å². The molecule has 0 amide bonds. The Morgan fingerprint density at radius 1 is 0.731 bits per heavy atom. The second kappa shape index (κ2) is 8.20. The molecule has 4 atom stereocenters. The van der Waals surface area contributed by atoms with Crippen molar-refractivity contribution in [2.45, 2.75) is 51.4 Å². The Morgan fingerprint density at radius 3 is 1.46 bits per heavy atom. The summed E-state index contributed by atoms with van der Waals surface area (Å²) in [5.74, 6) is 2.45. The van der Waals surface area contributed by atoms with E-state index in [4.69, 9.17) is 10.5 Å². The molecule has 1 aliphatic rings. The highest BCUT2D eigenvalue weighted by molar-refractivity contribution is 5.34. The SMILES string of the molecule is CC(c1ccc(C#N)cc1)[C@@H]1CCC[C@H](C(C)c2ccc(C#N)cc2)C1. The minimum absolute atomic E-state index is 0.527. The fourth-order valence-corrected chi connectivity index (χ4v) is 4.44. The molecule has 0 bridgehead atoms. The number of hydrogen-bond acceptors (Lipinski definition) is 2. The van der Waals surface area contributed by atoms with E-state index in [0.29, 0.717) is 23.7 Å². The lowest BCUT2D eigenvalue weighted by Gasteiger charge is -2.36. The van der Waals surface area contributed by atoms with Gasteiger partial charge in [0.2, 0.25) is 0 Å². The topological polar surface area (TPSA) is 47.6 Å². The van der Waals surface area contributed by atoms with E-state index < -0.39 is 0 Å². The smallest absolute Gasteiger partial charge is 0.0991 e. The van der Waals surface area contributed by atoms with Crippen LogP contribution in [0.2, 0.25) is 0 Å². The first kappa shape index (κ1) is 18.2. The monoisotopic (exact) mass is 342 g/mol. The van der Waals surface area contributed by atoms with E-state index in [2.05, 4.69) is 50.3 Å². The molecule has 0 radical (unpaired) electrons. The van der Waals surface area contributed by atoms with Crippen molar-refractivity contribution in [2.24, 2.45) is 11.8 Å². The summed E-state index contributed by atoms with van der Waals surface area (Å²) in [6.07, 6.45) is 5.12. The minimum Gasteiger partial charge on any atom is -0.192 e. The van der Waals surface area contributed by atoms with E-state index in [0.717, 1.165) is 11.1 Å². The van der Waals surface area contributed by atoms with Gasteiger partial charge in [0, 0.05) is 0 Å². The highest BCUT2D eigenvalue weighted by Crippen LogP contribution is 2.43. The van der Waals surface area contributed by atoms with Crippen LogP contribution in [0.15, 0.2) is 48.5 Å². The molecular formula is C24H26N2. The van der Waals surface area contributed by atoms with Crippen LogP contribution in [-0.4, -0.2) is 0 Å². The van der Waals surface area contributed by atoms with Crippen LogP contribution in [0.3, 0.4) is 0 Å². The third-order valence-corrected chi connectivity index (χ3v) is 6.30. The van der Waals surface area contributed by atoms with Crippen LogP contribution in [0.5, 0.6) is 0 Å². The number of rotatable bonds is 4. The lowest BCUT2D eigenvalue weighted by molar-refractivity contribution is 0.217. The van der Waals surface area contributed by atoms with E-state index in [-0.39, 0.29) is 0 Å². The zero-order valence-corrected chi connectivity index (χ0v) is 15.7. The summed E-state index contributed by atoms with van der Waals surface area (Å²) >= 11 is 0. The Hall–Kier alpha value is -2.58. The van der Waals surface area contributed by atoms with Crippen LogP contribution in [0, 0.1) is 34.5 Å². The van der Waals surface area contributed by atoms with Crippen LogP contribution < -0.4 is 0 Å². The third-order valence-electron chi connectivity index (χ3n) is 6.30. The first-order chi connectivity index (χ1) is 12.6. The van der Waals surface area contributed by atoms with Gasteiger partial charge in [-0.3, -0.25) is 0 Å². The summed E-state index contributed by atoms with van der Waals surface area (Å²) < 4.78 is 0. The Bertz CT molecular complexity index is 736. The second-order valence-corrected chi connectivity index (χ2v) is 7.73. The molecule has 2 aromatic carbocycles. The Labute approximate surface area is 157 Å². The van der Waals surface area contributed by atoms with Gasteiger partial charge in [0.15, 0.2) is 0 Å². The van der Waals surface area contributed by atoms with Crippen LogP contribution >= 0.6 is 0 Å². The number of benzene rings is 2. The standard InChI is InChI=1S/C24H26N2/c1-17(21-10-6-19(15-25)7-11-21)23-4-3-5-24(14-23)18(2)22-12-8-20(16-26)9-13-22/h6-13,17-18,23-24H,3-5,14H2,1-2H3/t17?,18?,23-,24+. The summed E-state index contributed by atoms with van der Waals surface area (Å²) in [4.78, 5) is 0. The van der Waals surface area contributed by atoms with E-state index in [1.807, 2.05) is 24.3 Å². The highest BCUT2D eigenvalue weighted by Gasteiger charge is 2.30. The summed E-state index contributed by atoms with van der Waals surface area (Å²) in [6.45, 7) is 4.67. The maximum Gasteiger partial charge on any atom is 0.0991 e. The molecule has 1 aliphatic carbocycles. The Morgan fingerprint density at radius 2 is 1.12 bits per heavy atom. The molecule has 3 rings (SSSR count). The van der Waals surface area contributed by atoms with Gasteiger partial charge in [-0.25, -0.2) is 0 Å². The summed E-state index contributed by atoms with van der Waals surface area (Å²) in [5, 5.41) is 18.0. The van der Waals surface area contributed by atoms with Crippen LogP contribution in [-0.2, 0) is 0 Å². The normalized spacial score (nSPS) is 22.0. The van der Waals surface area contributed by atoms with Gasteiger partial charge in [0.25, 0.3) is 0 Å². The Kier molecular flexibility index (Phi) is 5.75. The van der Waals surface area contributed by atoms with Gasteiger partial charge in [-0.05, 0) is 78.3 Å². The van der Waals surface area contributed by atoms with Gasteiger partial charge in [0.05, 0.1) is 23.3 Å². The quantitative estimate of drug-likeness (QED) is 0.669. The fraction of sp³-hybridized carbons (Fsp3) is 0.417. The molecule has 0 spiro atoms. The first-order valence-electron chi connectivity index (χ1n) is 9.62. The van der Waals surface area contributed by atoms with Gasteiger partial charge < -0.3 is 0 Å².